The van der Waals surface area contributed by atoms with Crippen molar-refractivity contribution in [3.8, 4) is 0 Å². The van der Waals surface area contributed by atoms with Gasteiger partial charge in [0.1, 0.15) is 5.58 Å². The Bertz CT molecular complexity index is 954. The minimum Gasteiger partial charge on any atom is -0.451 e. The molecule has 0 saturated heterocycles. The zero-order chi connectivity index (χ0) is 17.5. The molecule has 3 aromatic rings. The fraction of sp³-hybridized carbons (Fsp3) is 0.167. The van der Waals surface area contributed by atoms with E-state index in [1.54, 1.807) is 6.07 Å². The molecule has 24 heavy (non-hydrogen) atoms. The minimum absolute atomic E-state index is 0.105. The summed E-state index contributed by atoms with van der Waals surface area (Å²) in [6.45, 7) is 3.86. The van der Waals surface area contributed by atoms with Gasteiger partial charge in [0.05, 0.1) is 5.39 Å². The third kappa shape index (κ3) is 2.99. The number of halogens is 3. The van der Waals surface area contributed by atoms with Gasteiger partial charge >= 0.3 is 6.18 Å². The van der Waals surface area contributed by atoms with Crippen LogP contribution in [-0.2, 0) is 6.18 Å². The molecule has 0 saturated carbocycles. The monoisotopic (exact) mass is 333 g/mol. The van der Waals surface area contributed by atoms with Gasteiger partial charge in [0, 0.05) is 23.5 Å². The number of alkyl halides is 3. The fourth-order valence-corrected chi connectivity index (χ4v) is 2.53. The summed E-state index contributed by atoms with van der Waals surface area (Å²) in [5, 5.41) is 3.27. The lowest BCUT2D eigenvalue weighted by Gasteiger charge is -2.13. The van der Waals surface area contributed by atoms with Crippen molar-refractivity contribution in [2.24, 2.45) is 0 Å². The van der Waals surface area contributed by atoms with E-state index >= 15 is 0 Å². The Morgan fingerprint density at radius 3 is 2.29 bits per heavy atom. The number of hydrogen-bond donors (Lipinski definition) is 1. The topological polar surface area (TPSA) is 42.2 Å². The van der Waals surface area contributed by atoms with Gasteiger partial charge in [-0.3, -0.25) is 4.79 Å². The third-order valence-electron chi connectivity index (χ3n) is 3.76. The van der Waals surface area contributed by atoms with Crippen LogP contribution in [0.5, 0.6) is 0 Å². The fourth-order valence-electron chi connectivity index (χ4n) is 2.53. The van der Waals surface area contributed by atoms with Crippen molar-refractivity contribution in [2.75, 3.05) is 5.32 Å². The molecule has 0 aliphatic carbocycles. The van der Waals surface area contributed by atoms with Crippen LogP contribution in [0.25, 0.3) is 11.0 Å². The summed E-state index contributed by atoms with van der Waals surface area (Å²) in [6, 6.07) is 10.7. The van der Waals surface area contributed by atoms with Crippen molar-refractivity contribution in [1.82, 2.24) is 0 Å². The molecular weight excluding hydrogens is 319 g/mol. The van der Waals surface area contributed by atoms with Crippen molar-refractivity contribution in [1.29, 1.82) is 0 Å². The molecule has 1 aromatic heterocycles. The zero-order valence-corrected chi connectivity index (χ0v) is 13.0. The highest BCUT2D eigenvalue weighted by molar-refractivity contribution is 5.82. The van der Waals surface area contributed by atoms with Gasteiger partial charge in [-0.25, -0.2) is 0 Å². The van der Waals surface area contributed by atoms with Crippen molar-refractivity contribution < 1.29 is 17.6 Å². The smallest absolute Gasteiger partial charge is 0.449 e. The summed E-state index contributed by atoms with van der Waals surface area (Å²) < 4.78 is 43.3. The quantitative estimate of drug-likeness (QED) is 0.703. The molecule has 0 aliphatic rings. The number of rotatable bonds is 2. The van der Waals surface area contributed by atoms with Crippen LogP contribution in [0.15, 0.2) is 51.7 Å². The van der Waals surface area contributed by atoms with E-state index in [-0.39, 0.29) is 11.0 Å². The first-order valence-electron chi connectivity index (χ1n) is 7.24. The Morgan fingerprint density at radius 1 is 1.00 bits per heavy atom. The Balaban J connectivity index is 2.09. The molecule has 0 spiro atoms. The molecule has 1 heterocycles. The van der Waals surface area contributed by atoms with Crippen LogP contribution in [0, 0.1) is 13.8 Å². The van der Waals surface area contributed by atoms with Crippen LogP contribution in [0.2, 0.25) is 0 Å². The molecule has 3 nitrogen and oxygen atoms in total. The standard InChI is InChI=1S/C18H14F3NO2/c1-10-4-3-5-11(2)17(10)22-12-6-7-13-14(23)9-16(18(19,20)21)24-15(13)8-12/h3-9,22H,1-2H3. The average Bonchev–Trinajstić information content (AvgIpc) is 2.50. The summed E-state index contributed by atoms with van der Waals surface area (Å²) in [5.74, 6) is -1.30. The molecule has 0 unspecified atom stereocenters. The molecule has 0 fully saturated rings. The van der Waals surface area contributed by atoms with E-state index in [0.717, 1.165) is 16.8 Å². The number of fused-ring (bicyclic) bond motifs is 1. The summed E-state index contributed by atoms with van der Waals surface area (Å²) in [6.07, 6.45) is -4.70. The predicted molar refractivity (Wildman–Crippen MR) is 86.7 cm³/mol. The first kappa shape index (κ1) is 16.1. The molecule has 3 rings (SSSR count). The number of anilines is 2. The number of hydrogen-bond acceptors (Lipinski definition) is 3. The number of nitrogens with one attached hydrogen (secondary N) is 1. The van der Waals surface area contributed by atoms with Crippen molar-refractivity contribution in [3.05, 3.63) is 69.6 Å². The Kier molecular flexibility index (Phi) is 3.83. The summed E-state index contributed by atoms with van der Waals surface area (Å²) in [4.78, 5) is 11.8. The highest BCUT2D eigenvalue weighted by atomic mass is 19.4. The first-order valence-corrected chi connectivity index (χ1v) is 7.24. The van der Waals surface area contributed by atoms with E-state index in [2.05, 4.69) is 5.32 Å². The van der Waals surface area contributed by atoms with E-state index in [0.29, 0.717) is 11.8 Å². The van der Waals surface area contributed by atoms with Gasteiger partial charge < -0.3 is 9.73 Å². The van der Waals surface area contributed by atoms with E-state index < -0.39 is 17.4 Å². The molecular formula is C18H14F3NO2. The second-order valence-corrected chi connectivity index (χ2v) is 5.58. The molecule has 0 bridgehead atoms. The van der Waals surface area contributed by atoms with Crippen molar-refractivity contribution >= 4 is 22.3 Å². The summed E-state index contributed by atoms with van der Waals surface area (Å²) in [7, 11) is 0. The van der Waals surface area contributed by atoms with Crippen LogP contribution >= 0.6 is 0 Å². The average molecular weight is 333 g/mol. The lowest BCUT2D eigenvalue weighted by molar-refractivity contribution is -0.152. The molecule has 0 atom stereocenters. The lowest BCUT2D eigenvalue weighted by Crippen LogP contribution is -2.11. The number of aryl methyl sites for hydroxylation is 2. The number of benzene rings is 2. The van der Waals surface area contributed by atoms with Crippen LogP contribution in [0.4, 0.5) is 24.5 Å². The van der Waals surface area contributed by atoms with Gasteiger partial charge in [-0.15, -0.1) is 0 Å². The maximum atomic E-state index is 12.8. The van der Waals surface area contributed by atoms with Gasteiger partial charge in [-0.2, -0.15) is 13.2 Å². The van der Waals surface area contributed by atoms with Crippen LogP contribution in [0.3, 0.4) is 0 Å². The lowest BCUT2D eigenvalue weighted by atomic mass is 10.1. The third-order valence-corrected chi connectivity index (χ3v) is 3.76. The maximum absolute atomic E-state index is 12.8. The normalized spacial score (nSPS) is 11.7. The Hall–Kier alpha value is -2.76. The van der Waals surface area contributed by atoms with Crippen LogP contribution in [0.1, 0.15) is 16.9 Å². The minimum atomic E-state index is -4.70. The van der Waals surface area contributed by atoms with Crippen molar-refractivity contribution in [2.45, 2.75) is 20.0 Å². The SMILES string of the molecule is Cc1cccc(C)c1Nc1ccc2c(=O)cc(C(F)(F)F)oc2c1. The molecule has 1 N–H and O–H groups in total. The highest BCUT2D eigenvalue weighted by Gasteiger charge is 2.34. The first-order chi connectivity index (χ1) is 11.3. The van der Waals surface area contributed by atoms with E-state index in [9.17, 15) is 18.0 Å². The number of para-hydroxylation sites is 1. The highest BCUT2D eigenvalue weighted by Crippen LogP contribution is 2.31. The zero-order valence-electron chi connectivity index (χ0n) is 13.0. The van der Waals surface area contributed by atoms with E-state index in [1.165, 1.54) is 12.1 Å². The van der Waals surface area contributed by atoms with Crippen molar-refractivity contribution in [3.63, 3.8) is 0 Å². The molecule has 0 amide bonds. The second kappa shape index (κ2) is 5.70. The molecule has 124 valence electrons. The molecule has 0 aliphatic heterocycles. The van der Waals surface area contributed by atoms with Gasteiger partial charge in [-0.1, -0.05) is 18.2 Å². The van der Waals surface area contributed by atoms with Gasteiger partial charge in [0.25, 0.3) is 0 Å². The molecule has 6 heteroatoms. The maximum Gasteiger partial charge on any atom is 0.449 e. The van der Waals surface area contributed by atoms with E-state index in [4.69, 9.17) is 4.42 Å². The van der Waals surface area contributed by atoms with E-state index in [1.807, 2.05) is 32.0 Å². The summed E-state index contributed by atoms with van der Waals surface area (Å²) in [5.41, 5.74) is 2.59. The predicted octanol–water partition coefficient (Wildman–Crippen LogP) is 5.17. The summed E-state index contributed by atoms with van der Waals surface area (Å²) >= 11 is 0. The van der Waals surface area contributed by atoms with Gasteiger partial charge in [-0.05, 0) is 37.1 Å². The molecule has 0 radical (unpaired) electrons. The van der Waals surface area contributed by atoms with Gasteiger partial charge in [0.2, 0.25) is 5.76 Å². The van der Waals surface area contributed by atoms with Gasteiger partial charge in [0.15, 0.2) is 5.43 Å². The Morgan fingerprint density at radius 2 is 1.67 bits per heavy atom. The second-order valence-electron chi connectivity index (χ2n) is 5.58. The van der Waals surface area contributed by atoms with Crippen LogP contribution < -0.4 is 10.7 Å². The Labute approximate surface area is 135 Å². The van der Waals surface area contributed by atoms with Crippen LogP contribution in [-0.4, -0.2) is 0 Å². The molecule has 2 aromatic carbocycles. The largest absolute Gasteiger partial charge is 0.451 e.